The Morgan fingerprint density at radius 2 is 2.18 bits per heavy atom. The number of nitrogens with one attached hydrogen (secondary N) is 1. The maximum Gasteiger partial charge on any atom is 0.335 e. The second-order valence-corrected chi connectivity index (χ2v) is 3.62. The second-order valence-electron chi connectivity index (χ2n) is 3.62. The van der Waals surface area contributed by atoms with Gasteiger partial charge < -0.3 is 5.11 Å². The molecule has 0 atom stereocenters. The van der Waals surface area contributed by atoms with Crippen LogP contribution in [0.5, 0.6) is 5.88 Å². The lowest BCUT2D eigenvalue weighted by molar-refractivity contribution is 0.423. The molecule has 2 aromatic heterocycles. The fourth-order valence-electron chi connectivity index (χ4n) is 1.64. The zero-order valence-corrected chi connectivity index (χ0v) is 9.47. The molecule has 17 heavy (non-hydrogen) atoms. The number of aromatic nitrogens is 4. The van der Waals surface area contributed by atoms with Crippen LogP contribution >= 0.6 is 0 Å². The van der Waals surface area contributed by atoms with Crippen LogP contribution in [0.3, 0.4) is 0 Å². The van der Waals surface area contributed by atoms with E-state index < -0.39 is 11.2 Å². The number of rotatable bonds is 2. The highest BCUT2D eigenvalue weighted by atomic mass is 16.3. The van der Waals surface area contributed by atoms with E-state index in [1.807, 2.05) is 0 Å². The van der Waals surface area contributed by atoms with Gasteiger partial charge in [-0.15, -0.1) is 0 Å². The lowest BCUT2D eigenvalue weighted by atomic mass is 10.2. The highest BCUT2D eigenvalue weighted by Gasteiger charge is 2.14. The third-order valence-electron chi connectivity index (χ3n) is 2.48. The first-order valence-corrected chi connectivity index (χ1v) is 5.10. The summed E-state index contributed by atoms with van der Waals surface area (Å²) in [6.07, 6.45) is 3.33. The normalized spacial score (nSPS) is 10.7. The molecule has 90 valence electrons. The standard InChI is InChI=1S/C10H12N4O3/c1-3-7-8(15)12-10(17)14(9(7)16)6-4-11-13(2)5-6/h4-5,16H,3H2,1-2H3,(H,12,15,17). The Morgan fingerprint density at radius 3 is 2.71 bits per heavy atom. The molecule has 0 aromatic carbocycles. The minimum atomic E-state index is -0.683. The van der Waals surface area contributed by atoms with E-state index in [0.717, 1.165) is 4.57 Å². The first kappa shape index (κ1) is 11.2. The summed E-state index contributed by atoms with van der Waals surface area (Å²) in [6, 6.07) is 0. The minimum absolute atomic E-state index is 0.174. The maximum absolute atomic E-state index is 11.6. The lowest BCUT2D eigenvalue weighted by Gasteiger charge is -2.07. The van der Waals surface area contributed by atoms with Crippen LogP contribution in [0.1, 0.15) is 12.5 Å². The molecule has 2 aromatic rings. The molecule has 2 N–H and O–H groups in total. The summed E-state index contributed by atoms with van der Waals surface area (Å²) in [4.78, 5) is 25.2. The summed E-state index contributed by atoms with van der Waals surface area (Å²) < 4.78 is 2.52. The number of H-pyrrole nitrogens is 1. The Labute approximate surface area is 96.0 Å². The SMILES string of the molecule is CCc1c(O)n(-c2cnn(C)c2)c(=O)[nH]c1=O. The van der Waals surface area contributed by atoms with Crippen molar-refractivity contribution in [1.82, 2.24) is 19.3 Å². The lowest BCUT2D eigenvalue weighted by Crippen LogP contribution is -2.31. The monoisotopic (exact) mass is 236 g/mol. The van der Waals surface area contributed by atoms with Crippen LogP contribution in [0.2, 0.25) is 0 Å². The molecular formula is C10H12N4O3. The number of hydrogen-bond acceptors (Lipinski definition) is 4. The van der Waals surface area contributed by atoms with Crippen molar-refractivity contribution in [3.05, 3.63) is 38.8 Å². The Kier molecular flexibility index (Phi) is 2.58. The van der Waals surface area contributed by atoms with Gasteiger partial charge in [-0.2, -0.15) is 5.10 Å². The van der Waals surface area contributed by atoms with Crippen molar-refractivity contribution in [2.75, 3.05) is 0 Å². The van der Waals surface area contributed by atoms with Gasteiger partial charge in [0.2, 0.25) is 5.88 Å². The summed E-state index contributed by atoms with van der Waals surface area (Å²) in [5, 5.41) is 13.8. The van der Waals surface area contributed by atoms with Crippen LogP contribution in [0.15, 0.2) is 22.0 Å². The van der Waals surface area contributed by atoms with E-state index in [1.54, 1.807) is 20.2 Å². The average Bonchev–Trinajstić information content (AvgIpc) is 2.64. The molecule has 0 aliphatic heterocycles. The molecule has 7 nitrogen and oxygen atoms in total. The number of aromatic amines is 1. The predicted octanol–water partition coefficient (Wildman–Crippen LogP) is -0.473. The summed E-state index contributed by atoms with van der Waals surface area (Å²) >= 11 is 0. The molecule has 0 radical (unpaired) electrons. The van der Waals surface area contributed by atoms with Crippen molar-refractivity contribution in [3.8, 4) is 11.6 Å². The van der Waals surface area contributed by atoms with Gasteiger partial charge in [-0.25, -0.2) is 9.36 Å². The minimum Gasteiger partial charge on any atom is -0.494 e. The van der Waals surface area contributed by atoms with Crippen LogP contribution in [-0.4, -0.2) is 24.4 Å². The molecule has 0 amide bonds. The Hall–Kier alpha value is -2.31. The molecule has 0 spiro atoms. The largest absolute Gasteiger partial charge is 0.494 e. The van der Waals surface area contributed by atoms with E-state index in [-0.39, 0.29) is 11.4 Å². The summed E-state index contributed by atoms with van der Waals surface area (Å²) in [5.41, 5.74) is -0.665. The molecule has 2 rings (SSSR count). The van der Waals surface area contributed by atoms with Gasteiger partial charge in [0.15, 0.2) is 0 Å². The van der Waals surface area contributed by atoms with Gasteiger partial charge in [-0.3, -0.25) is 14.5 Å². The zero-order valence-electron chi connectivity index (χ0n) is 9.47. The van der Waals surface area contributed by atoms with Gasteiger partial charge in [0.1, 0.15) is 0 Å². The number of aromatic hydroxyl groups is 1. The topological polar surface area (TPSA) is 92.9 Å². The van der Waals surface area contributed by atoms with Crippen LogP contribution in [0.4, 0.5) is 0 Å². The van der Waals surface area contributed by atoms with E-state index >= 15 is 0 Å². The molecule has 0 unspecified atom stereocenters. The van der Waals surface area contributed by atoms with Crippen LogP contribution < -0.4 is 11.2 Å². The Balaban J connectivity index is 2.78. The Morgan fingerprint density at radius 1 is 1.47 bits per heavy atom. The predicted molar refractivity (Wildman–Crippen MR) is 60.5 cm³/mol. The van der Waals surface area contributed by atoms with E-state index in [0.29, 0.717) is 12.1 Å². The fraction of sp³-hybridized carbons (Fsp3) is 0.300. The van der Waals surface area contributed by atoms with Crippen molar-refractivity contribution >= 4 is 0 Å². The number of hydrogen-bond donors (Lipinski definition) is 2. The first-order chi connectivity index (χ1) is 8.04. The molecule has 0 saturated heterocycles. The smallest absolute Gasteiger partial charge is 0.335 e. The molecule has 0 aliphatic rings. The highest BCUT2D eigenvalue weighted by molar-refractivity contribution is 5.34. The molecule has 0 aliphatic carbocycles. The van der Waals surface area contributed by atoms with Crippen molar-refractivity contribution in [1.29, 1.82) is 0 Å². The molecule has 0 bridgehead atoms. The summed E-state index contributed by atoms with van der Waals surface area (Å²) in [7, 11) is 1.69. The molecular weight excluding hydrogens is 224 g/mol. The van der Waals surface area contributed by atoms with E-state index in [9.17, 15) is 14.7 Å². The Bertz CT molecular complexity index is 665. The average molecular weight is 236 g/mol. The number of aryl methyl sites for hydroxylation is 1. The van der Waals surface area contributed by atoms with Gasteiger partial charge in [-0.1, -0.05) is 6.92 Å². The molecule has 0 saturated carbocycles. The summed E-state index contributed by atoms with van der Waals surface area (Å²) in [5.74, 6) is -0.339. The van der Waals surface area contributed by atoms with Gasteiger partial charge in [-0.05, 0) is 6.42 Å². The van der Waals surface area contributed by atoms with Crippen LogP contribution in [0.25, 0.3) is 5.69 Å². The van der Waals surface area contributed by atoms with Gasteiger partial charge in [0.05, 0.1) is 17.4 Å². The third kappa shape index (κ3) is 1.75. The van der Waals surface area contributed by atoms with Crippen molar-refractivity contribution < 1.29 is 5.11 Å². The van der Waals surface area contributed by atoms with E-state index in [4.69, 9.17) is 0 Å². The van der Waals surface area contributed by atoms with Crippen molar-refractivity contribution in [2.24, 2.45) is 7.05 Å². The van der Waals surface area contributed by atoms with Gasteiger partial charge in [0.25, 0.3) is 5.56 Å². The van der Waals surface area contributed by atoms with E-state index in [1.165, 1.54) is 10.9 Å². The number of nitrogens with zero attached hydrogens (tertiary/aromatic N) is 3. The maximum atomic E-state index is 11.6. The van der Waals surface area contributed by atoms with Crippen LogP contribution in [0, 0.1) is 0 Å². The van der Waals surface area contributed by atoms with Gasteiger partial charge >= 0.3 is 5.69 Å². The molecule has 7 heteroatoms. The van der Waals surface area contributed by atoms with Crippen molar-refractivity contribution in [3.63, 3.8) is 0 Å². The quantitative estimate of drug-likeness (QED) is 0.737. The third-order valence-corrected chi connectivity index (χ3v) is 2.48. The first-order valence-electron chi connectivity index (χ1n) is 5.10. The highest BCUT2D eigenvalue weighted by Crippen LogP contribution is 2.15. The summed E-state index contributed by atoms with van der Waals surface area (Å²) in [6.45, 7) is 1.72. The zero-order chi connectivity index (χ0) is 12.6. The van der Waals surface area contributed by atoms with Crippen LogP contribution in [-0.2, 0) is 13.5 Å². The van der Waals surface area contributed by atoms with Crippen molar-refractivity contribution in [2.45, 2.75) is 13.3 Å². The molecule has 2 heterocycles. The van der Waals surface area contributed by atoms with E-state index in [2.05, 4.69) is 10.1 Å². The van der Waals surface area contributed by atoms with Gasteiger partial charge in [0, 0.05) is 13.2 Å². The fourth-order valence-corrected chi connectivity index (χ4v) is 1.64. The molecule has 0 fully saturated rings. The second kappa shape index (κ2) is 3.93.